The van der Waals surface area contributed by atoms with Crippen molar-refractivity contribution in [1.29, 1.82) is 0 Å². The molecule has 1 saturated heterocycles. The van der Waals surface area contributed by atoms with Crippen LogP contribution in [0.15, 0.2) is 0 Å². The molecule has 0 spiro atoms. The van der Waals surface area contributed by atoms with Gasteiger partial charge in [0.05, 0.1) is 5.60 Å². The first-order chi connectivity index (χ1) is 4.00. The van der Waals surface area contributed by atoms with Gasteiger partial charge in [0.25, 0.3) is 0 Å². The fourth-order valence-electron chi connectivity index (χ4n) is 0.872. The van der Waals surface area contributed by atoms with Gasteiger partial charge in [0.2, 0.25) is 0 Å². The largest absolute Gasteiger partial charge is 0.390 e. The monoisotopic (exact) mass is 241 g/mol. The van der Waals surface area contributed by atoms with Crippen LogP contribution >= 0.6 is 22.9 Å². The number of nitrogens with zero attached hydrogens (tertiary/aromatic N) is 1. The molecular formula is C6H12INO. The standard InChI is InChI=1S/C6H12INO/c1-6(2,9)5-3-8(7)4-5/h5,9H,3-4H2,1-2H3. The number of aliphatic hydroxyl groups is 1. The molecule has 9 heavy (non-hydrogen) atoms. The molecule has 1 fully saturated rings. The lowest BCUT2D eigenvalue weighted by atomic mass is 9.86. The molecular weight excluding hydrogens is 229 g/mol. The van der Waals surface area contributed by atoms with E-state index < -0.39 is 5.60 Å². The van der Waals surface area contributed by atoms with Crippen LogP contribution in [0.3, 0.4) is 0 Å². The summed E-state index contributed by atoms with van der Waals surface area (Å²) in [4.78, 5) is 0. The molecule has 1 rings (SSSR count). The van der Waals surface area contributed by atoms with E-state index in [-0.39, 0.29) is 0 Å². The summed E-state index contributed by atoms with van der Waals surface area (Å²) in [5, 5.41) is 9.43. The van der Waals surface area contributed by atoms with Crippen molar-refractivity contribution in [1.82, 2.24) is 3.11 Å². The van der Waals surface area contributed by atoms with E-state index in [4.69, 9.17) is 0 Å². The topological polar surface area (TPSA) is 23.5 Å². The van der Waals surface area contributed by atoms with Crippen molar-refractivity contribution in [3.63, 3.8) is 0 Å². The average Bonchev–Trinajstić information content (AvgIpc) is 1.55. The minimum absolute atomic E-state index is 0.471. The number of halogens is 1. The van der Waals surface area contributed by atoms with Gasteiger partial charge in [0.1, 0.15) is 0 Å². The Balaban J connectivity index is 2.32. The van der Waals surface area contributed by atoms with Crippen LogP contribution in [0.2, 0.25) is 0 Å². The lowest BCUT2D eigenvalue weighted by molar-refractivity contribution is -0.0261. The van der Waals surface area contributed by atoms with Gasteiger partial charge in [-0.05, 0) is 13.8 Å². The molecule has 0 unspecified atom stereocenters. The van der Waals surface area contributed by atoms with Crippen LogP contribution in [0, 0.1) is 5.92 Å². The molecule has 1 aliphatic heterocycles. The first-order valence-electron chi connectivity index (χ1n) is 3.13. The third-order valence-corrected chi connectivity index (χ3v) is 2.62. The Hall–Kier alpha value is 0.650. The van der Waals surface area contributed by atoms with Gasteiger partial charge in [0, 0.05) is 41.9 Å². The highest BCUT2D eigenvalue weighted by molar-refractivity contribution is 14.1. The van der Waals surface area contributed by atoms with Crippen LogP contribution in [0.5, 0.6) is 0 Å². The van der Waals surface area contributed by atoms with Crippen LogP contribution in [0.25, 0.3) is 0 Å². The molecule has 3 heteroatoms. The molecule has 1 aliphatic rings. The molecule has 0 aromatic rings. The lowest BCUT2D eigenvalue weighted by Crippen LogP contribution is -2.51. The molecule has 54 valence electrons. The molecule has 0 aromatic heterocycles. The van der Waals surface area contributed by atoms with Crippen LogP contribution in [-0.2, 0) is 0 Å². The number of rotatable bonds is 1. The van der Waals surface area contributed by atoms with E-state index in [1.165, 1.54) is 0 Å². The Bertz CT molecular complexity index is 104. The van der Waals surface area contributed by atoms with Crippen molar-refractivity contribution < 1.29 is 5.11 Å². The number of hydrogen-bond donors (Lipinski definition) is 1. The summed E-state index contributed by atoms with van der Waals surface area (Å²) >= 11 is 2.27. The molecule has 1 heterocycles. The van der Waals surface area contributed by atoms with E-state index >= 15 is 0 Å². The zero-order valence-corrected chi connectivity index (χ0v) is 7.92. The Kier molecular flexibility index (Phi) is 2.03. The minimum atomic E-state index is -0.471. The summed E-state index contributed by atoms with van der Waals surface area (Å²) in [7, 11) is 0. The van der Waals surface area contributed by atoms with E-state index in [1.807, 2.05) is 13.8 Å². The van der Waals surface area contributed by atoms with E-state index in [0.29, 0.717) is 5.92 Å². The predicted octanol–water partition coefficient (Wildman–Crippen LogP) is 1.04. The predicted molar refractivity (Wildman–Crippen MR) is 45.4 cm³/mol. The molecule has 0 aliphatic carbocycles. The third-order valence-electron chi connectivity index (χ3n) is 1.84. The lowest BCUT2D eigenvalue weighted by Gasteiger charge is -2.41. The van der Waals surface area contributed by atoms with Gasteiger partial charge in [-0.25, -0.2) is 3.11 Å². The van der Waals surface area contributed by atoms with Crippen molar-refractivity contribution in [3.8, 4) is 0 Å². The van der Waals surface area contributed by atoms with Gasteiger partial charge in [-0.2, -0.15) is 0 Å². The highest BCUT2D eigenvalue weighted by Gasteiger charge is 2.36. The van der Waals surface area contributed by atoms with Crippen molar-refractivity contribution >= 4 is 22.9 Å². The summed E-state index contributed by atoms with van der Waals surface area (Å²) in [5.74, 6) is 0.481. The summed E-state index contributed by atoms with van der Waals surface area (Å²) in [5.41, 5.74) is -0.471. The number of hydrogen-bond acceptors (Lipinski definition) is 2. The van der Waals surface area contributed by atoms with Gasteiger partial charge in [-0.3, -0.25) is 0 Å². The van der Waals surface area contributed by atoms with Gasteiger partial charge < -0.3 is 5.11 Å². The Morgan fingerprint density at radius 1 is 1.56 bits per heavy atom. The Morgan fingerprint density at radius 3 is 2.11 bits per heavy atom. The molecule has 0 bridgehead atoms. The van der Waals surface area contributed by atoms with E-state index in [9.17, 15) is 5.11 Å². The maximum Gasteiger partial charge on any atom is 0.0644 e. The molecule has 2 nitrogen and oxygen atoms in total. The average molecular weight is 241 g/mol. The molecule has 1 N–H and O–H groups in total. The summed E-state index contributed by atoms with van der Waals surface area (Å²) in [6.07, 6.45) is 0. The van der Waals surface area contributed by atoms with Gasteiger partial charge >= 0.3 is 0 Å². The highest BCUT2D eigenvalue weighted by Crippen LogP contribution is 2.28. The second-order valence-electron chi connectivity index (χ2n) is 3.18. The molecule has 0 amide bonds. The van der Waals surface area contributed by atoms with Gasteiger partial charge in [-0.15, -0.1) is 0 Å². The zero-order chi connectivity index (χ0) is 7.07. The molecule has 0 atom stereocenters. The van der Waals surface area contributed by atoms with Crippen molar-refractivity contribution in [2.75, 3.05) is 13.1 Å². The summed E-state index contributed by atoms with van der Waals surface area (Å²) in [6, 6.07) is 0. The Labute approximate surface area is 69.7 Å². The summed E-state index contributed by atoms with van der Waals surface area (Å²) in [6.45, 7) is 5.82. The highest BCUT2D eigenvalue weighted by atomic mass is 127. The second-order valence-corrected chi connectivity index (χ2v) is 4.54. The molecule has 0 saturated carbocycles. The van der Waals surface area contributed by atoms with E-state index in [1.54, 1.807) is 0 Å². The van der Waals surface area contributed by atoms with Crippen molar-refractivity contribution in [3.05, 3.63) is 0 Å². The molecule has 0 aromatic carbocycles. The van der Waals surface area contributed by atoms with E-state index in [2.05, 4.69) is 26.0 Å². The van der Waals surface area contributed by atoms with Crippen LogP contribution in [0.1, 0.15) is 13.8 Å². The smallest absolute Gasteiger partial charge is 0.0644 e. The van der Waals surface area contributed by atoms with E-state index in [0.717, 1.165) is 13.1 Å². The minimum Gasteiger partial charge on any atom is -0.390 e. The fraction of sp³-hybridized carbons (Fsp3) is 1.00. The van der Waals surface area contributed by atoms with Crippen molar-refractivity contribution in [2.45, 2.75) is 19.4 Å². The van der Waals surface area contributed by atoms with Crippen LogP contribution < -0.4 is 0 Å². The second kappa shape index (κ2) is 2.36. The van der Waals surface area contributed by atoms with Gasteiger partial charge in [0.15, 0.2) is 0 Å². The zero-order valence-electron chi connectivity index (χ0n) is 5.76. The van der Waals surface area contributed by atoms with Gasteiger partial charge in [-0.1, -0.05) is 0 Å². The SMILES string of the molecule is CC(C)(O)C1CN(I)C1. The Morgan fingerprint density at radius 2 is 2.00 bits per heavy atom. The maximum atomic E-state index is 9.43. The normalized spacial score (nSPS) is 24.0. The maximum absolute atomic E-state index is 9.43. The first kappa shape index (κ1) is 7.75. The quantitative estimate of drug-likeness (QED) is 0.547. The summed E-state index contributed by atoms with van der Waals surface area (Å²) < 4.78 is 2.18. The van der Waals surface area contributed by atoms with Crippen molar-refractivity contribution in [2.24, 2.45) is 5.92 Å². The molecule has 0 radical (unpaired) electrons. The van der Waals surface area contributed by atoms with Crippen LogP contribution in [-0.4, -0.2) is 26.9 Å². The fourth-order valence-corrected chi connectivity index (χ4v) is 1.82. The first-order valence-corrected chi connectivity index (χ1v) is 4.10. The van der Waals surface area contributed by atoms with Crippen LogP contribution in [0.4, 0.5) is 0 Å². The third kappa shape index (κ3) is 1.78.